The summed E-state index contributed by atoms with van der Waals surface area (Å²) in [6, 6.07) is 7.73. The Hall–Kier alpha value is -1.84. The highest BCUT2D eigenvalue weighted by molar-refractivity contribution is 5.95. The van der Waals surface area contributed by atoms with Crippen molar-refractivity contribution in [3.8, 4) is 0 Å². The van der Waals surface area contributed by atoms with Crippen molar-refractivity contribution in [1.29, 1.82) is 0 Å². The Kier molecular flexibility index (Phi) is 4.77. The number of amides is 1. The molecule has 1 heterocycles. The molecule has 0 atom stereocenters. The van der Waals surface area contributed by atoms with Crippen molar-refractivity contribution in [1.82, 2.24) is 4.90 Å². The summed E-state index contributed by atoms with van der Waals surface area (Å²) in [4.78, 5) is 25.9. The molecule has 1 aromatic rings. The van der Waals surface area contributed by atoms with E-state index in [-0.39, 0.29) is 17.8 Å². The fourth-order valence-corrected chi connectivity index (χ4v) is 2.69. The smallest absolute Gasteiger partial charge is 0.308 e. The number of methoxy groups -OCH3 is 1. The highest BCUT2D eigenvalue weighted by Crippen LogP contribution is 2.21. The molecule has 0 spiro atoms. The monoisotopic (exact) mass is 275 g/mol. The third-order valence-corrected chi connectivity index (χ3v) is 3.95. The standard InChI is InChI=1S/C16H21NO3/c1-3-12-6-4-5-7-14(12)15(18)17-10-8-13(9-11-17)16(19)20-2/h4-7,13H,3,8-11H2,1-2H3. The largest absolute Gasteiger partial charge is 0.469 e. The molecule has 0 N–H and O–H groups in total. The molecule has 4 heteroatoms. The quantitative estimate of drug-likeness (QED) is 0.795. The lowest BCUT2D eigenvalue weighted by Gasteiger charge is -2.31. The van der Waals surface area contributed by atoms with Gasteiger partial charge in [0.05, 0.1) is 13.0 Å². The summed E-state index contributed by atoms with van der Waals surface area (Å²) < 4.78 is 4.76. The van der Waals surface area contributed by atoms with Crippen LogP contribution >= 0.6 is 0 Å². The first kappa shape index (κ1) is 14.6. The number of aryl methyl sites for hydroxylation is 1. The average Bonchev–Trinajstić information content (AvgIpc) is 2.53. The van der Waals surface area contributed by atoms with E-state index in [9.17, 15) is 9.59 Å². The van der Waals surface area contributed by atoms with Gasteiger partial charge in [-0.3, -0.25) is 9.59 Å². The Morgan fingerprint density at radius 1 is 1.25 bits per heavy atom. The van der Waals surface area contributed by atoms with Crippen LogP contribution in [-0.4, -0.2) is 37.0 Å². The van der Waals surface area contributed by atoms with E-state index in [0.717, 1.165) is 17.5 Å². The third kappa shape index (κ3) is 3.00. The van der Waals surface area contributed by atoms with Gasteiger partial charge in [-0.25, -0.2) is 0 Å². The summed E-state index contributed by atoms with van der Waals surface area (Å²) in [7, 11) is 1.41. The normalized spacial score (nSPS) is 16.0. The first-order chi connectivity index (χ1) is 9.67. The molecule has 2 rings (SSSR count). The van der Waals surface area contributed by atoms with Crippen LogP contribution in [0.4, 0.5) is 0 Å². The summed E-state index contributed by atoms with van der Waals surface area (Å²) in [5.74, 6) is -0.151. The first-order valence-corrected chi connectivity index (χ1v) is 7.12. The molecule has 20 heavy (non-hydrogen) atoms. The second kappa shape index (κ2) is 6.55. The molecule has 1 aliphatic rings. The molecule has 108 valence electrons. The maximum atomic E-state index is 12.5. The zero-order valence-corrected chi connectivity index (χ0v) is 12.1. The zero-order valence-electron chi connectivity index (χ0n) is 12.1. The predicted octanol–water partition coefficient (Wildman–Crippen LogP) is 2.27. The van der Waals surface area contributed by atoms with Gasteiger partial charge in [-0.2, -0.15) is 0 Å². The minimum atomic E-state index is -0.161. The molecule has 1 fully saturated rings. The Labute approximate surface area is 119 Å². The summed E-state index contributed by atoms with van der Waals surface area (Å²) in [6.45, 7) is 3.29. The fourth-order valence-electron chi connectivity index (χ4n) is 2.69. The lowest BCUT2D eigenvalue weighted by Crippen LogP contribution is -2.40. The van der Waals surface area contributed by atoms with E-state index >= 15 is 0 Å². The topological polar surface area (TPSA) is 46.6 Å². The number of nitrogens with zero attached hydrogens (tertiary/aromatic N) is 1. The average molecular weight is 275 g/mol. The van der Waals surface area contributed by atoms with Gasteiger partial charge < -0.3 is 9.64 Å². The Bertz CT molecular complexity index is 490. The predicted molar refractivity (Wildman–Crippen MR) is 76.5 cm³/mol. The van der Waals surface area contributed by atoms with Crippen molar-refractivity contribution >= 4 is 11.9 Å². The number of ether oxygens (including phenoxy) is 1. The van der Waals surface area contributed by atoms with Crippen molar-refractivity contribution < 1.29 is 14.3 Å². The molecule has 1 saturated heterocycles. The molecular formula is C16H21NO3. The van der Waals surface area contributed by atoms with Crippen LogP contribution in [0.1, 0.15) is 35.7 Å². The van der Waals surface area contributed by atoms with Crippen molar-refractivity contribution in [2.45, 2.75) is 26.2 Å². The van der Waals surface area contributed by atoms with Crippen LogP contribution in [0.2, 0.25) is 0 Å². The van der Waals surface area contributed by atoms with Crippen LogP contribution in [0.15, 0.2) is 24.3 Å². The van der Waals surface area contributed by atoms with E-state index in [4.69, 9.17) is 4.74 Å². The van der Waals surface area contributed by atoms with Gasteiger partial charge in [-0.1, -0.05) is 25.1 Å². The van der Waals surface area contributed by atoms with E-state index in [1.54, 1.807) is 0 Å². The highest BCUT2D eigenvalue weighted by atomic mass is 16.5. The van der Waals surface area contributed by atoms with Crippen molar-refractivity contribution in [3.05, 3.63) is 35.4 Å². The number of piperidine rings is 1. The van der Waals surface area contributed by atoms with E-state index in [2.05, 4.69) is 6.92 Å². The number of hydrogen-bond acceptors (Lipinski definition) is 3. The molecule has 0 bridgehead atoms. The van der Waals surface area contributed by atoms with Crippen LogP contribution in [0.25, 0.3) is 0 Å². The van der Waals surface area contributed by atoms with Crippen molar-refractivity contribution in [2.75, 3.05) is 20.2 Å². The summed E-state index contributed by atoms with van der Waals surface area (Å²) in [5, 5.41) is 0. The number of likely N-dealkylation sites (tertiary alicyclic amines) is 1. The summed E-state index contributed by atoms with van der Waals surface area (Å²) in [6.07, 6.45) is 2.22. The van der Waals surface area contributed by atoms with Gasteiger partial charge in [0.1, 0.15) is 0 Å². The van der Waals surface area contributed by atoms with E-state index in [0.29, 0.717) is 25.9 Å². The van der Waals surface area contributed by atoms with Gasteiger partial charge in [0.2, 0.25) is 0 Å². The maximum absolute atomic E-state index is 12.5. The molecule has 0 aromatic heterocycles. The Balaban J connectivity index is 2.03. The van der Waals surface area contributed by atoms with Gasteiger partial charge >= 0.3 is 5.97 Å². The molecule has 0 unspecified atom stereocenters. The lowest BCUT2D eigenvalue weighted by molar-refractivity contribution is -0.146. The van der Waals surface area contributed by atoms with Gasteiger partial charge in [-0.05, 0) is 30.9 Å². The second-order valence-corrected chi connectivity index (χ2v) is 5.10. The number of benzene rings is 1. The van der Waals surface area contributed by atoms with Gasteiger partial charge in [0.25, 0.3) is 5.91 Å². The van der Waals surface area contributed by atoms with Crippen LogP contribution in [0.3, 0.4) is 0 Å². The Morgan fingerprint density at radius 3 is 2.50 bits per heavy atom. The van der Waals surface area contributed by atoms with Crippen LogP contribution in [-0.2, 0) is 16.0 Å². The fraction of sp³-hybridized carbons (Fsp3) is 0.500. The van der Waals surface area contributed by atoms with Gasteiger partial charge in [0.15, 0.2) is 0 Å². The second-order valence-electron chi connectivity index (χ2n) is 5.10. The van der Waals surface area contributed by atoms with E-state index in [1.807, 2.05) is 29.2 Å². The van der Waals surface area contributed by atoms with Crippen molar-refractivity contribution in [3.63, 3.8) is 0 Å². The van der Waals surface area contributed by atoms with Crippen LogP contribution in [0.5, 0.6) is 0 Å². The van der Waals surface area contributed by atoms with Crippen LogP contribution in [0, 0.1) is 5.92 Å². The minimum absolute atomic E-state index is 0.0644. The molecule has 1 aliphatic heterocycles. The van der Waals surface area contributed by atoms with Crippen molar-refractivity contribution in [2.24, 2.45) is 5.92 Å². The number of carbonyl (C=O) groups is 2. The summed E-state index contributed by atoms with van der Waals surface area (Å²) in [5.41, 5.74) is 1.86. The summed E-state index contributed by atoms with van der Waals surface area (Å²) >= 11 is 0. The van der Waals surface area contributed by atoms with E-state index < -0.39 is 0 Å². The number of rotatable bonds is 3. The van der Waals surface area contributed by atoms with Crippen LogP contribution < -0.4 is 0 Å². The number of carbonyl (C=O) groups excluding carboxylic acids is 2. The zero-order chi connectivity index (χ0) is 14.5. The molecule has 1 aromatic carbocycles. The number of esters is 1. The molecule has 1 amide bonds. The maximum Gasteiger partial charge on any atom is 0.308 e. The molecule has 4 nitrogen and oxygen atoms in total. The molecular weight excluding hydrogens is 254 g/mol. The van der Waals surface area contributed by atoms with Gasteiger partial charge in [0, 0.05) is 18.7 Å². The van der Waals surface area contributed by atoms with E-state index in [1.165, 1.54) is 7.11 Å². The SMILES string of the molecule is CCc1ccccc1C(=O)N1CCC(C(=O)OC)CC1. The minimum Gasteiger partial charge on any atom is -0.469 e. The third-order valence-electron chi connectivity index (χ3n) is 3.95. The first-order valence-electron chi connectivity index (χ1n) is 7.12. The molecule has 0 saturated carbocycles. The highest BCUT2D eigenvalue weighted by Gasteiger charge is 2.28. The lowest BCUT2D eigenvalue weighted by atomic mass is 9.95. The Morgan fingerprint density at radius 2 is 1.90 bits per heavy atom. The molecule has 0 radical (unpaired) electrons. The number of hydrogen-bond donors (Lipinski definition) is 0. The van der Waals surface area contributed by atoms with Gasteiger partial charge in [-0.15, -0.1) is 0 Å². The molecule has 0 aliphatic carbocycles.